The Kier molecular flexibility index (Phi) is 4.87. The molecule has 0 saturated heterocycles. The topological polar surface area (TPSA) is 24.1 Å². The molecule has 0 aliphatic heterocycles. The van der Waals surface area contributed by atoms with E-state index >= 15 is 0 Å². The second-order valence-electron chi connectivity index (χ2n) is 6.71. The second-order valence-corrected chi connectivity index (χ2v) is 6.71. The zero-order valence-electron chi connectivity index (χ0n) is 11.7. The lowest BCUT2D eigenvalue weighted by Crippen LogP contribution is -2.37. The maximum atomic E-state index is 3.69. The van der Waals surface area contributed by atoms with Gasteiger partial charge in [0.1, 0.15) is 0 Å². The molecule has 2 nitrogen and oxygen atoms in total. The molecule has 0 amide bonds. The Hall–Kier alpha value is -0.0800. The average molecular weight is 238 g/mol. The molecular formula is C15H30N2. The van der Waals surface area contributed by atoms with Gasteiger partial charge < -0.3 is 10.6 Å². The van der Waals surface area contributed by atoms with Crippen LogP contribution in [-0.4, -0.2) is 25.7 Å². The third kappa shape index (κ3) is 4.59. The Bertz CT molecular complexity index is 215. The third-order valence-electron chi connectivity index (χ3n) is 4.32. The average Bonchev–Trinajstić information content (AvgIpc) is 2.98. The van der Waals surface area contributed by atoms with Crippen LogP contribution in [0.2, 0.25) is 0 Å². The molecule has 0 unspecified atom stereocenters. The minimum absolute atomic E-state index is 0.633. The van der Waals surface area contributed by atoms with Crippen molar-refractivity contribution in [2.45, 2.75) is 64.8 Å². The van der Waals surface area contributed by atoms with Crippen LogP contribution < -0.4 is 10.6 Å². The van der Waals surface area contributed by atoms with E-state index < -0.39 is 0 Å². The van der Waals surface area contributed by atoms with Crippen molar-refractivity contribution in [2.75, 3.05) is 19.6 Å². The second kappa shape index (κ2) is 6.19. The van der Waals surface area contributed by atoms with Crippen molar-refractivity contribution < 1.29 is 0 Å². The first kappa shape index (κ1) is 13.4. The first-order chi connectivity index (χ1) is 8.20. The summed E-state index contributed by atoms with van der Waals surface area (Å²) in [5, 5.41) is 7.27. The lowest BCUT2D eigenvalue weighted by atomic mass is 9.78. The highest BCUT2D eigenvalue weighted by Crippen LogP contribution is 2.42. The van der Waals surface area contributed by atoms with Gasteiger partial charge in [0.25, 0.3) is 0 Å². The van der Waals surface area contributed by atoms with Gasteiger partial charge >= 0.3 is 0 Å². The van der Waals surface area contributed by atoms with E-state index in [0.29, 0.717) is 5.41 Å². The summed E-state index contributed by atoms with van der Waals surface area (Å²) < 4.78 is 0. The molecule has 2 fully saturated rings. The van der Waals surface area contributed by atoms with Crippen molar-refractivity contribution in [3.05, 3.63) is 0 Å². The molecule has 100 valence electrons. The van der Waals surface area contributed by atoms with Gasteiger partial charge in [-0.05, 0) is 43.4 Å². The predicted molar refractivity (Wildman–Crippen MR) is 74.3 cm³/mol. The van der Waals surface area contributed by atoms with E-state index in [-0.39, 0.29) is 0 Å². The lowest BCUT2D eigenvalue weighted by molar-refractivity contribution is 0.224. The molecule has 0 aromatic rings. The van der Waals surface area contributed by atoms with E-state index in [4.69, 9.17) is 0 Å². The molecule has 2 aliphatic rings. The summed E-state index contributed by atoms with van der Waals surface area (Å²) in [4.78, 5) is 0. The van der Waals surface area contributed by atoms with Gasteiger partial charge in [-0.3, -0.25) is 0 Å². The van der Waals surface area contributed by atoms with Crippen LogP contribution in [-0.2, 0) is 0 Å². The van der Waals surface area contributed by atoms with Gasteiger partial charge in [0.15, 0.2) is 0 Å². The Morgan fingerprint density at radius 3 is 2.41 bits per heavy atom. The van der Waals surface area contributed by atoms with Gasteiger partial charge in [0, 0.05) is 25.7 Å². The van der Waals surface area contributed by atoms with Gasteiger partial charge in [0.05, 0.1) is 0 Å². The Balaban J connectivity index is 1.62. The highest BCUT2D eigenvalue weighted by Gasteiger charge is 2.33. The normalized spacial score (nSPS) is 23.5. The first-order valence-corrected chi connectivity index (χ1v) is 7.64. The van der Waals surface area contributed by atoms with Gasteiger partial charge in [-0.2, -0.15) is 0 Å². The monoisotopic (exact) mass is 238 g/mol. The maximum Gasteiger partial charge on any atom is 0.00793 e. The zero-order valence-corrected chi connectivity index (χ0v) is 11.7. The molecule has 2 heteroatoms. The van der Waals surface area contributed by atoms with E-state index in [1.165, 1.54) is 51.5 Å². The van der Waals surface area contributed by atoms with Crippen molar-refractivity contribution in [1.82, 2.24) is 10.6 Å². The molecule has 2 rings (SSSR count). The van der Waals surface area contributed by atoms with Crippen LogP contribution in [0, 0.1) is 11.3 Å². The Labute approximate surface area is 107 Å². The molecule has 2 saturated carbocycles. The molecular weight excluding hydrogens is 208 g/mol. The summed E-state index contributed by atoms with van der Waals surface area (Å²) >= 11 is 0. The fraction of sp³-hybridized carbons (Fsp3) is 1.00. The SMILES string of the molecule is CC(C)CC1(CNCCNC2CC2)CCCC1. The number of rotatable bonds is 8. The van der Waals surface area contributed by atoms with Crippen molar-refractivity contribution in [3.8, 4) is 0 Å². The largest absolute Gasteiger partial charge is 0.315 e. The molecule has 0 radical (unpaired) electrons. The minimum Gasteiger partial charge on any atom is -0.315 e. The minimum atomic E-state index is 0.633. The fourth-order valence-corrected chi connectivity index (χ4v) is 3.45. The van der Waals surface area contributed by atoms with E-state index in [9.17, 15) is 0 Å². The van der Waals surface area contributed by atoms with Crippen molar-refractivity contribution in [1.29, 1.82) is 0 Å². The number of hydrogen-bond donors (Lipinski definition) is 2. The van der Waals surface area contributed by atoms with Gasteiger partial charge in [-0.15, -0.1) is 0 Å². The first-order valence-electron chi connectivity index (χ1n) is 7.64. The van der Waals surface area contributed by atoms with Crippen LogP contribution in [0.1, 0.15) is 58.8 Å². The van der Waals surface area contributed by atoms with Crippen LogP contribution >= 0.6 is 0 Å². The molecule has 0 heterocycles. The predicted octanol–water partition coefficient (Wildman–Crippen LogP) is 2.93. The van der Waals surface area contributed by atoms with Gasteiger partial charge in [-0.1, -0.05) is 26.7 Å². The van der Waals surface area contributed by atoms with Crippen LogP contribution in [0.5, 0.6) is 0 Å². The third-order valence-corrected chi connectivity index (χ3v) is 4.32. The van der Waals surface area contributed by atoms with Crippen LogP contribution in [0.15, 0.2) is 0 Å². The summed E-state index contributed by atoms with van der Waals surface area (Å²) in [6, 6.07) is 0.855. The standard InChI is InChI=1S/C15H30N2/c1-13(2)11-15(7-3-4-8-15)12-16-9-10-17-14-5-6-14/h13-14,16-17H,3-12H2,1-2H3. The summed E-state index contributed by atoms with van der Waals surface area (Å²) in [5.41, 5.74) is 0.633. The molecule has 2 aliphatic carbocycles. The summed E-state index contributed by atoms with van der Waals surface area (Å²) in [6.45, 7) is 8.29. The van der Waals surface area contributed by atoms with E-state index in [1.54, 1.807) is 0 Å². The number of nitrogens with one attached hydrogen (secondary N) is 2. The molecule has 2 N–H and O–H groups in total. The molecule has 0 spiro atoms. The smallest absolute Gasteiger partial charge is 0.00793 e. The highest BCUT2D eigenvalue weighted by molar-refractivity contribution is 4.87. The van der Waals surface area contributed by atoms with Crippen LogP contribution in [0.3, 0.4) is 0 Å². The van der Waals surface area contributed by atoms with Gasteiger partial charge in [0.2, 0.25) is 0 Å². The lowest BCUT2D eigenvalue weighted by Gasteiger charge is -2.31. The summed E-state index contributed by atoms with van der Waals surface area (Å²) in [5.74, 6) is 0.847. The quantitative estimate of drug-likeness (QED) is 0.635. The Morgan fingerprint density at radius 1 is 1.12 bits per heavy atom. The van der Waals surface area contributed by atoms with Crippen molar-refractivity contribution in [2.24, 2.45) is 11.3 Å². The zero-order chi connectivity index (χ0) is 12.1. The molecule has 0 aromatic heterocycles. The van der Waals surface area contributed by atoms with Gasteiger partial charge in [-0.25, -0.2) is 0 Å². The molecule has 0 atom stereocenters. The van der Waals surface area contributed by atoms with E-state index in [1.807, 2.05) is 0 Å². The van der Waals surface area contributed by atoms with Crippen molar-refractivity contribution in [3.63, 3.8) is 0 Å². The summed E-state index contributed by atoms with van der Waals surface area (Å²) in [6.07, 6.45) is 10.0. The van der Waals surface area contributed by atoms with Crippen molar-refractivity contribution >= 4 is 0 Å². The van der Waals surface area contributed by atoms with E-state index in [2.05, 4.69) is 24.5 Å². The maximum absolute atomic E-state index is 3.69. The van der Waals surface area contributed by atoms with Crippen LogP contribution in [0.4, 0.5) is 0 Å². The van der Waals surface area contributed by atoms with E-state index in [0.717, 1.165) is 25.0 Å². The Morgan fingerprint density at radius 2 is 1.82 bits per heavy atom. The molecule has 17 heavy (non-hydrogen) atoms. The van der Waals surface area contributed by atoms with Crippen LogP contribution in [0.25, 0.3) is 0 Å². The molecule has 0 bridgehead atoms. The highest BCUT2D eigenvalue weighted by atomic mass is 15.0. The fourth-order valence-electron chi connectivity index (χ4n) is 3.45. The summed E-state index contributed by atoms with van der Waals surface area (Å²) in [7, 11) is 0. The molecule has 0 aromatic carbocycles. The number of hydrogen-bond acceptors (Lipinski definition) is 2.